The zero-order chi connectivity index (χ0) is 31.0. The Labute approximate surface area is 272 Å². The van der Waals surface area contributed by atoms with Crippen molar-refractivity contribution in [1.82, 2.24) is 10.0 Å². The number of imide groups is 1. The number of Topliss-reactive ketones (excluding diaryl/α,β-unsaturated/α-hetero) is 1. The first-order valence-electron chi connectivity index (χ1n) is 12.9. The highest BCUT2D eigenvalue weighted by molar-refractivity contribution is 9.12. The van der Waals surface area contributed by atoms with Gasteiger partial charge in [-0.1, -0.05) is 55.1 Å². The van der Waals surface area contributed by atoms with E-state index in [4.69, 9.17) is 27.9 Å². The number of halogens is 4. The van der Waals surface area contributed by atoms with Gasteiger partial charge in [0.05, 0.1) is 27.3 Å². The molecule has 0 bridgehead atoms. The van der Waals surface area contributed by atoms with Gasteiger partial charge in [-0.2, -0.15) is 5.01 Å². The standard InChI is InChI=1S/C29H21Br2Cl2N3O7/c30-23-12-21-22(13-24(23)31)29(40)35(28(21)39)34(27(38)20-10-3-16(32)11-25(20)33)14-26(37)15-1-6-18(7-2-15)43-19-8-4-17(5-9-19)36(41)42/h1-11,21-24H,12-14H2/t21-,22+,23-,24-/m0/s1. The molecule has 3 aromatic carbocycles. The first kappa shape index (κ1) is 31.1. The molecule has 2 fully saturated rings. The second-order valence-corrected chi connectivity index (χ2v) is 13.2. The molecule has 3 amide bonds. The van der Waals surface area contributed by atoms with Gasteiger partial charge in [-0.25, -0.2) is 5.01 Å². The Hall–Kier alpha value is -3.32. The Morgan fingerprint density at radius 2 is 1.44 bits per heavy atom. The molecule has 43 heavy (non-hydrogen) atoms. The fraction of sp³-hybridized carbons (Fsp3) is 0.241. The van der Waals surface area contributed by atoms with Crippen LogP contribution in [0.3, 0.4) is 0 Å². The Morgan fingerprint density at radius 3 is 1.95 bits per heavy atom. The number of nitro groups is 1. The summed E-state index contributed by atoms with van der Waals surface area (Å²) in [4.78, 5) is 64.7. The molecule has 10 nitrogen and oxygen atoms in total. The molecule has 0 N–H and O–H groups in total. The van der Waals surface area contributed by atoms with Gasteiger partial charge in [-0.05, 0) is 67.4 Å². The Kier molecular flexibility index (Phi) is 9.21. The monoisotopic (exact) mass is 751 g/mol. The van der Waals surface area contributed by atoms with Crippen LogP contribution in [0.1, 0.15) is 33.6 Å². The summed E-state index contributed by atoms with van der Waals surface area (Å²) in [5.41, 5.74) is 0.0760. The highest BCUT2D eigenvalue weighted by Gasteiger charge is 2.54. The van der Waals surface area contributed by atoms with Crippen LogP contribution in [0.25, 0.3) is 0 Å². The lowest BCUT2D eigenvalue weighted by molar-refractivity contribution is -0.384. The SMILES string of the molecule is O=C(CN(C(=O)c1ccc(Cl)cc1Cl)N1C(=O)[C@H]2C[C@H](Br)[C@@H](Br)C[C@H]2C1=O)c1ccc(Oc2ccc([N+](=O)[O-])cc2)cc1. The van der Waals surface area contributed by atoms with Crippen LogP contribution >= 0.6 is 55.1 Å². The maximum atomic E-state index is 13.8. The zero-order valence-corrected chi connectivity index (χ0v) is 26.7. The van der Waals surface area contributed by atoms with Gasteiger partial charge in [0.2, 0.25) is 0 Å². The van der Waals surface area contributed by atoms with Crippen molar-refractivity contribution in [3.63, 3.8) is 0 Å². The van der Waals surface area contributed by atoms with Crippen LogP contribution in [0, 0.1) is 22.0 Å². The van der Waals surface area contributed by atoms with E-state index in [0.29, 0.717) is 24.3 Å². The number of hydrogen-bond acceptors (Lipinski definition) is 7. The molecule has 3 aromatic rings. The summed E-state index contributed by atoms with van der Waals surface area (Å²) in [5, 5.41) is 12.8. The fourth-order valence-corrected chi connectivity index (χ4v) is 6.79. The third kappa shape index (κ3) is 6.47. The van der Waals surface area contributed by atoms with E-state index in [1.54, 1.807) is 0 Å². The van der Waals surface area contributed by atoms with E-state index in [1.165, 1.54) is 66.7 Å². The van der Waals surface area contributed by atoms with Gasteiger partial charge >= 0.3 is 0 Å². The number of fused-ring (bicyclic) bond motifs is 1. The average Bonchev–Trinajstić information content (AvgIpc) is 3.20. The van der Waals surface area contributed by atoms with E-state index in [2.05, 4.69) is 31.9 Å². The quantitative estimate of drug-likeness (QED) is 0.0809. The lowest BCUT2D eigenvalue weighted by Crippen LogP contribution is -2.52. The molecule has 4 atom stereocenters. The van der Waals surface area contributed by atoms with Gasteiger partial charge in [0.1, 0.15) is 18.0 Å². The number of nitro benzene ring substituents is 1. The number of amides is 3. The van der Waals surface area contributed by atoms with Crippen LogP contribution in [0.2, 0.25) is 10.0 Å². The molecule has 1 saturated carbocycles. The molecule has 14 heteroatoms. The summed E-state index contributed by atoms with van der Waals surface area (Å²) >= 11 is 19.4. The summed E-state index contributed by atoms with van der Waals surface area (Å²) in [7, 11) is 0. The van der Waals surface area contributed by atoms with Gasteiger partial charge in [-0.15, -0.1) is 0 Å². The van der Waals surface area contributed by atoms with Crippen molar-refractivity contribution in [3.8, 4) is 11.5 Å². The number of carbonyl (C=O) groups excluding carboxylic acids is 4. The van der Waals surface area contributed by atoms with Crippen LogP contribution in [0.4, 0.5) is 5.69 Å². The normalized spacial score (nSPS) is 21.3. The molecule has 1 heterocycles. The number of carbonyl (C=O) groups is 4. The maximum absolute atomic E-state index is 13.8. The van der Waals surface area contributed by atoms with Gasteiger partial charge in [-0.3, -0.25) is 29.3 Å². The number of hydrazine groups is 1. The van der Waals surface area contributed by atoms with Crippen molar-refractivity contribution in [2.75, 3.05) is 6.54 Å². The lowest BCUT2D eigenvalue weighted by atomic mass is 9.81. The lowest BCUT2D eigenvalue weighted by Gasteiger charge is -2.30. The molecule has 0 aromatic heterocycles. The summed E-state index contributed by atoms with van der Waals surface area (Å²) < 4.78 is 5.70. The molecular weight excluding hydrogens is 733 g/mol. The molecule has 0 radical (unpaired) electrons. The minimum atomic E-state index is -0.806. The van der Waals surface area contributed by atoms with Crippen LogP contribution < -0.4 is 4.74 Å². The summed E-state index contributed by atoms with van der Waals surface area (Å²) in [6.07, 6.45) is 0.769. The van der Waals surface area contributed by atoms with E-state index < -0.39 is 46.8 Å². The molecule has 1 aliphatic heterocycles. The Balaban J connectivity index is 1.40. The summed E-state index contributed by atoms with van der Waals surface area (Å²) in [6.45, 7) is -0.618. The molecule has 0 unspecified atom stereocenters. The Bertz CT molecular complexity index is 1590. The number of ketones is 1. The first-order valence-corrected chi connectivity index (χ1v) is 15.5. The minimum absolute atomic E-state index is 0.000232. The van der Waals surface area contributed by atoms with E-state index >= 15 is 0 Å². The molecule has 1 aliphatic carbocycles. The predicted molar refractivity (Wildman–Crippen MR) is 165 cm³/mol. The largest absolute Gasteiger partial charge is 0.457 e. The van der Waals surface area contributed by atoms with E-state index in [-0.39, 0.29) is 36.5 Å². The topological polar surface area (TPSA) is 127 Å². The molecule has 2 aliphatic rings. The fourth-order valence-electron chi connectivity index (χ4n) is 5.06. The highest BCUT2D eigenvalue weighted by Crippen LogP contribution is 2.44. The van der Waals surface area contributed by atoms with Crippen LogP contribution in [0.15, 0.2) is 66.7 Å². The highest BCUT2D eigenvalue weighted by atomic mass is 79.9. The van der Waals surface area contributed by atoms with Crippen molar-refractivity contribution >= 4 is 84.3 Å². The van der Waals surface area contributed by atoms with E-state index in [0.717, 1.165) is 10.0 Å². The smallest absolute Gasteiger partial charge is 0.274 e. The second kappa shape index (κ2) is 12.7. The van der Waals surface area contributed by atoms with Crippen LogP contribution in [-0.2, 0) is 9.59 Å². The van der Waals surface area contributed by atoms with Crippen LogP contribution in [-0.4, -0.2) is 54.6 Å². The second-order valence-electron chi connectivity index (χ2n) is 9.99. The Morgan fingerprint density at radius 1 is 0.907 bits per heavy atom. The number of alkyl halides is 2. The molecule has 5 rings (SSSR count). The van der Waals surface area contributed by atoms with Gasteiger partial charge in [0.15, 0.2) is 5.78 Å². The number of benzene rings is 3. The van der Waals surface area contributed by atoms with Crippen molar-refractivity contribution in [3.05, 3.63) is 98.0 Å². The number of hydrogen-bond donors (Lipinski definition) is 0. The minimum Gasteiger partial charge on any atom is -0.457 e. The van der Waals surface area contributed by atoms with Crippen molar-refractivity contribution < 1.29 is 28.8 Å². The maximum Gasteiger partial charge on any atom is 0.274 e. The van der Waals surface area contributed by atoms with E-state index in [1.807, 2.05) is 0 Å². The van der Waals surface area contributed by atoms with Crippen LogP contribution in [0.5, 0.6) is 11.5 Å². The molecular formula is C29H21Br2Cl2N3O7. The first-order chi connectivity index (χ1) is 20.4. The van der Waals surface area contributed by atoms with Gasteiger partial charge < -0.3 is 4.74 Å². The number of non-ortho nitro benzene ring substituents is 1. The third-order valence-electron chi connectivity index (χ3n) is 7.28. The van der Waals surface area contributed by atoms with Crippen molar-refractivity contribution in [2.24, 2.45) is 11.8 Å². The van der Waals surface area contributed by atoms with Gasteiger partial charge in [0.25, 0.3) is 23.4 Å². The summed E-state index contributed by atoms with van der Waals surface area (Å²) in [5.74, 6) is -3.06. The summed E-state index contributed by atoms with van der Waals surface area (Å²) in [6, 6.07) is 15.7. The predicted octanol–water partition coefficient (Wildman–Crippen LogP) is 6.86. The molecule has 0 spiro atoms. The zero-order valence-electron chi connectivity index (χ0n) is 22.0. The van der Waals surface area contributed by atoms with Gasteiger partial charge in [0, 0.05) is 32.4 Å². The number of ether oxygens (including phenoxy) is 1. The van der Waals surface area contributed by atoms with E-state index in [9.17, 15) is 29.3 Å². The molecule has 222 valence electrons. The average molecular weight is 754 g/mol. The number of nitrogens with zero attached hydrogens (tertiary/aromatic N) is 3. The number of rotatable bonds is 8. The molecule has 1 saturated heterocycles. The van der Waals surface area contributed by atoms with Crippen molar-refractivity contribution in [1.29, 1.82) is 0 Å². The van der Waals surface area contributed by atoms with Crippen molar-refractivity contribution in [2.45, 2.75) is 22.5 Å². The third-order valence-corrected chi connectivity index (χ3v) is 10.6.